The molecule has 412 valence electrons. The van der Waals surface area contributed by atoms with Crippen LogP contribution in [-0.4, -0.2) is 97.5 Å². The SMILES string of the molecule is CSCCOc1c2cc(C(C)(C)C)cc1Cc1cc(C(C)(C)C)cc(c1OCCN(C(C)C)C(C)C)Cc1cc(C(C)(C)C)cc(c1OCCSC)Cc1cc(C(C)(C)C)cc(c1OCCN(C(C)C)C(C)C)C2. The van der Waals surface area contributed by atoms with Crippen molar-refractivity contribution in [1.29, 1.82) is 0 Å². The van der Waals surface area contributed by atoms with E-state index in [2.05, 4.69) is 209 Å². The van der Waals surface area contributed by atoms with Crippen molar-refractivity contribution in [3.05, 3.63) is 115 Å². The van der Waals surface area contributed by atoms with Crippen molar-refractivity contribution < 1.29 is 18.9 Å². The summed E-state index contributed by atoms with van der Waals surface area (Å²) in [7, 11) is 0. The first kappa shape index (κ1) is 61.6. The van der Waals surface area contributed by atoms with Crippen LogP contribution in [0.3, 0.4) is 0 Å². The molecule has 5 rings (SSSR count). The fourth-order valence-electron chi connectivity index (χ4n) is 10.5. The highest BCUT2D eigenvalue weighted by atomic mass is 32.2. The summed E-state index contributed by atoms with van der Waals surface area (Å²) in [6.07, 6.45) is 6.99. The lowest BCUT2D eigenvalue weighted by Crippen LogP contribution is -2.39. The Bertz CT molecular complexity index is 2180. The van der Waals surface area contributed by atoms with Gasteiger partial charge >= 0.3 is 0 Å². The van der Waals surface area contributed by atoms with Gasteiger partial charge in [-0.05, 0) is 156 Å². The zero-order chi connectivity index (χ0) is 55.1. The number of hydrogen-bond donors (Lipinski definition) is 0. The lowest BCUT2D eigenvalue weighted by atomic mass is 9.79. The first-order valence-corrected chi connectivity index (χ1v) is 30.9. The summed E-state index contributed by atoms with van der Waals surface area (Å²) in [5.74, 6) is 5.75. The molecule has 0 saturated carbocycles. The molecule has 0 amide bonds. The van der Waals surface area contributed by atoms with Crippen molar-refractivity contribution in [3.63, 3.8) is 0 Å². The molecule has 4 aromatic rings. The molecule has 0 saturated heterocycles. The fourth-order valence-corrected chi connectivity index (χ4v) is 11.0. The number of thioether (sulfide) groups is 2. The molecule has 0 aliphatic heterocycles. The third kappa shape index (κ3) is 16.4. The number of nitrogens with zero attached hydrogens (tertiary/aromatic N) is 2. The molecule has 0 heterocycles. The van der Waals surface area contributed by atoms with Gasteiger partial charge in [0.1, 0.15) is 36.2 Å². The van der Waals surface area contributed by atoms with E-state index >= 15 is 0 Å². The molecular weight excluding hydrogens is 949 g/mol. The second-order valence-electron chi connectivity index (χ2n) is 26.4. The summed E-state index contributed by atoms with van der Waals surface area (Å²) in [6.45, 7) is 50.6. The van der Waals surface area contributed by atoms with Gasteiger partial charge in [-0.1, -0.05) is 132 Å². The third-order valence-electron chi connectivity index (χ3n) is 14.9. The smallest absolute Gasteiger partial charge is 0.126 e. The van der Waals surface area contributed by atoms with E-state index in [9.17, 15) is 0 Å². The number of benzene rings is 4. The molecule has 8 bridgehead atoms. The number of fused-ring (bicyclic) bond motifs is 8. The lowest BCUT2D eigenvalue weighted by molar-refractivity contribution is 0.141. The normalized spacial score (nSPS) is 13.8. The van der Waals surface area contributed by atoms with E-state index in [0.717, 1.165) is 47.6 Å². The highest BCUT2D eigenvalue weighted by molar-refractivity contribution is 7.98. The molecule has 1 aliphatic rings. The molecule has 0 radical (unpaired) electrons. The van der Waals surface area contributed by atoms with Crippen LogP contribution in [0.4, 0.5) is 0 Å². The summed E-state index contributed by atoms with van der Waals surface area (Å²) >= 11 is 3.66. The minimum Gasteiger partial charge on any atom is -0.492 e. The van der Waals surface area contributed by atoms with Crippen molar-refractivity contribution in [1.82, 2.24) is 9.80 Å². The Morgan fingerprint density at radius 2 is 0.541 bits per heavy atom. The number of rotatable bonds is 20. The zero-order valence-corrected chi connectivity index (χ0v) is 52.4. The van der Waals surface area contributed by atoms with Gasteiger partial charge in [0, 0.05) is 74.4 Å². The van der Waals surface area contributed by atoms with Crippen LogP contribution in [0, 0.1) is 0 Å². The van der Waals surface area contributed by atoms with Gasteiger partial charge in [0.2, 0.25) is 0 Å². The Balaban J connectivity index is 2.00. The minimum absolute atomic E-state index is 0.119. The van der Waals surface area contributed by atoms with Crippen molar-refractivity contribution in [3.8, 4) is 23.0 Å². The van der Waals surface area contributed by atoms with Crippen LogP contribution in [0.15, 0.2) is 48.5 Å². The maximum Gasteiger partial charge on any atom is 0.126 e. The van der Waals surface area contributed by atoms with Gasteiger partial charge in [0.05, 0.1) is 13.2 Å². The Labute approximate surface area is 461 Å². The summed E-state index contributed by atoms with van der Waals surface area (Å²) in [5, 5.41) is 0. The molecule has 8 heteroatoms. The predicted octanol–water partition coefficient (Wildman–Crippen LogP) is 16.0. The van der Waals surface area contributed by atoms with Gasteiger partial charge in [-0.25, -0.2) is 0 Å². The first-order chi connectivity index (χ1) is 34.4. The molecule has 4 aromatic carbocycles. The highest BCUT2D eigenvalue weighted by Gasteiger charge is 2.30. The van der Waals surface area contributed by atoms with Gasteiger partial charge in [0.25, 0.3) is 0 Å². The lowest BCUT2D eigenvalue weighted by Gasteiger charge is -2.32. The molecule has 74 heavy (non-hydrogen) atoms. The Kier molecular flexibility index (Phi) is 21.5. The monoisotopic (exact) mass is 1050 g/mol. The second-order valence-corrected chi connectivity index (χ2v) is 28.4. The van der Waals surface area contributed by atoms with Crippen molar-refractivity contribution >= 4 is 23.5 Å². The van der Waals surface area contributed by atoms with Crippen LogP contribution < -0.4 is 18.9 Å². The number of ether oxygens (including phenoxy) is 4. The van der Waals surface area contributed by atoms with E-state index in [1.165, 1.54) is 66.8 Å². The Morgan fingerprint density at radius 3 is 0.703 bits per heavy atom. The quantitative estimate of drug-likeness (QED) is 0.0715. The van der Waals surface area contributed by atoms with Crippen LogP contribution in [0.5, 0.6) is 23.0 Å². The average molecular weight is 1050 g/mol. The molecule has 0 aromatic heterocycles. The fraction of sp³-hybridized carbons (Fsp3) is 0.636. The predicted molar refractivity (Wildman–Crippen MR) is 324 cm³/mol. The minimum atomic E-state index is -0.119. The van der Waals surface area contributed by atoms with E-state index in [4.69, 9.17) is 18.9 Å². The van der Waals surface area contributed by atoms with Gasteiger partial charge in [-0.2, -0.15) is 23.5 Å². The van der Waals surface area contributed by atoms with Gasteiger partial charge in [0.15, 0.2) is 0 Å². The standard InChI is InChI=1S/C66H102N2O4S2/c1-43(2)67(44(3)4)23-25-69-59-47-31-51-39-57(65(15,16)17)41-53(61(51)71-27-29-73-21)33-49-37-56(64(12,13)14)38-50(60(49)70-26-24-68(45(5)6)46(7)8)34-54-42-58(66(18,19)20)40-52(62(54)72-28-30-74-22)32-48(59)36-55(35-47)63(9,10)11/h35-46H,23-34H2,1-22H3. The van der Waals surface area contributed by atoms with Crippen molar-refractivity contribution in [2.45, 2.75) is 210 Å². The van der Waals surface area contributed by atoms with E-state index in [0.29, 0.717) is 76.3 Å². The van der Waals surface area contributed by atoms with Crippen LogP contribution in [0.2, 0.25) is 0 Å². The van der Waals surface area contributed by atoms with Crippen LogP contribution in [-0.2, 0) is 47.3 Å². The molecule has 0 fully saturated rings. The van der Waals surface area contributed by atoms with Crippen molar-refractivity contribution in [2.24, 2.45) is 0 Å². The van der Waals surface area contributed by atoms with E-state index in [1.54, 1.807) is 0 Å². The summed E-state index contributed by atoms with van der Waals surface area (Å²) in [5.41, 5.74) is 14.3. The zero-order valence-electron chi connectivity index (χ0n) is 50.8. The van der Waals surface area contributed by atoms with Gasteiger partial charge < -0.3 is 18.9 Å². The summed E-state index contributed by atoms with van der Waals surface area (Å²) in [4.78, 5) is 5.08. The molecular formula is C66H102N2O4S2. The third-order valence-corrected chi connectivity index (χ3v) is 16.0. The largest absolute Gasteiger partial charge is 0.492 e. The van der Waals surface area contributed by atoms with Crippen LogP contribution >= 0.6 is 23.5 Å². The van der Waals surface area contributed by atoms with E-state index in [1.807, 2.05) is 23.5 Å². The maximum absolute atomic E-state index is 7.36. The molecule has 0 spiro atoms. The topological polar surface area (TPSA) is 43.4 Å². The second kappa shape index (κ2) is 25.9. The van der Waals surface area contributed by atoms with Crippen LogP contribution in [0.1, 0.15) is 205 Å². The number of hydrogen-bond acceptors (Lipinski definition) is 8. The maximum atomic E-state index is 7.36. The molecule has 0 atom stereocenters. The molecule has 6 nitrogen and oxygen atoms in total. The highest BCUT2D eigenvalue weighted by Crippen LogP contribution is 2.44. The Hall–Kier alpha value is -3.30. The Morgan fingerprint density at radius 1 is 0.351 bits per heavy atom. The van der Waals surface area contributed by atoms with Gasteiger partial charge in [-0.3, -0.25) is 9.80 Å². The summed E-state index contributed by atoms with van der Waals surface area (Å²) < 4.78 is 29.1. The van der Waals surface area contributed by atoms with Crippen LogP contribution in [0.25, 0.3) is 0 Å². The van der Waals surface area contributed by atoms with Crippen molar-refractivity contribution in [2.75, 3.05) is 63.5 Å². The van der Waals surface area contributed by atoms with Gasteiger partial charge in [-0.15, -0.1) is 0 Å². The van der Waals surface area contributed by atoms with E-state index in [-0.39, 0.29) is 21.7 Å². The van der Waals surface area contributed by atoms with E-state index < -0.39 is 0 Å². The molecule has 0 unspecified atom stereocenters. The molecule has 0 N–H and O–H groups in total. The summed E-state index contributed by atoms with van der Waals surface area (Å²) in [6, 6.07) is 21.2. The average Bonchev–Trinajstić information content (AvgIpc) is 3.27. The molecule has 1 aliphatic carbocycles. The first-order valence-electron chi connectivity index (χ1n) is 28.1.